The smallest absolute Gasteiger partial charge is 0.225 e. The largest absolute Gasteiger partial charge is 0.484 e. The van der Waals surface area contributed by atoms with E-state index in [0.717, 1.165) is 27.7 Å². The normalized spacial score (nSPS) is 13.1. The van der Waals surface area contributed by atoms with Gasteiger partial charge in [0, 0.05) is 10.8 Å². The molecule has 1 aromatic heterocycles. The molecule has 1 amide bonds. The molecule has 5 nitrogen and oxygen atoms in total. The molecule has 2 atom stereocenters. The molecule has 6 heteroatoms. The first-order valence-electron chi connectivity index (χ1n) is 11.4. The molecule has 4 rings (SSSR count). The summed E-state index contributed by atoms with van der Waals surface area (Å²) in [7, 11) is 0. The van der Waals surface area contributed by atoms with E-state index in [4.69, 9.17) is 4.74 Å². The molecule has 184 valence electrons. The van der Waals surface area contributed by atoms with E-state index in [1.165, 1.54) is 12.1 Å². The minimum absolute atomic E-state index is 0. The fourth-order valence-corrected chi connectivity index (χ4v) is 3.82. The van der Waals surface area contributed by atoms with Crippen LogP contribution in [-0.4, -0.2) is 21.7 Å². The van der Waals surface area contributed by atoms with Gasteiger partial charge in [0.15, 0.2) is 0 Å². The monoisotopic (exact) mass is 475 g/mol. The predicted molar refractivity (Wildman–Crippen MR) is 139 cm³/mol. The Morgan fingerprint density at radius 3 is 2.43 bits per heavy atom. The standard InChI is InChI=1S/C28H30FN3O2.CH4/c1-18-7-6-8-20(15-18)26(19(2)31-27(33)28(3,4)5)34-24-13-14-25-21(16-24)17-30-32(25)23-11-9-22(29)10-12-23;/h6-17,19,26H,1-5H3,(H,31,33);1H4/t19-,26-;/m0./s1. The summed E-state index contributed by atoms with van der Waals surface area (Å²) >= 11 is 0. The SMILES string of the molecule is C.Cc1cccc([C@@H](Oc2ccc3c(cnn3-c3ccc(F)cc3)c2)[C@H](C)NC(=O)C(C)(C)C)c1. The quantitative estimate of drug-likeness (QED) is 0.334. The van der Waals surface area contributed by atoms with Crippen molar-refractivity contribution in [1.82, 2.24) is 15.1 Å². The number of hydrogen-bond acceptors (Lipinski definition) is 3. The van der Waals surface area contributed by atoms with E-state index >= 15 is 0 Å². The van der Waals surface area contributed by atoms with E-state index in [-0.39, 0.29) is 31.3 Å². The van der Waals surface area contributed by atoms with Gasteiger partial charge in [0.05, 0.1) is 23.4 Å². The number of aryl methyl sites for hydroxylation is 1. The lowest BCUT2D eigenvalue weighted by atomic mass is 9.94. The maximum atomic E-state index is 13.3. The van der Waals surface area contributed by atoms with Crippen LogP contribution in [0, 0.1) is 18.2 Å². The van der Waals surface area contributed by atoms with Crippen LogP contribution in [0.25, 0.3) is 16.6 Å². The molecule has 0 radical (unpaired) electrons. The van der Waals surface area contributed by atoms with Gasteiger partial charge >= 0.3 is 0 Å². The van der Waals surface area contributed by atoms with Gasteiger partial charge in [-0.2, -0.15) is 5.10 Å². The average Bonchev–Trinajstić information content (AvgIpc) is 3.20. The van der Waals surface area contributed by atoms with Gasteiger partial charge < -0.3 is 10.1 Å². The van der Waals surface area contributed by atoms with Gasteiger partial charge in [-0.25, -0.2) is 9.07 Å². The minimum atomic E-state index is -0.501. The van der Waals surface area contributed by atoms with Crippen LogP contribution >= 0.6 is 0 Å². The number of fused-ring (bicyclic) bond motifs is 1. The number of hydrogen-bond donors (Lipinski definition) is 1. The second kappa shape index (κ2) is 10.3. The molecule has 35 heavy (non-hydrogen) atoms. The Morgan fingerprint density at radius 1 is 1.06 bits per heavy atom. The number of rotatable bonds is 6. The van der Waals surface area contributed by atoms with Gasteiger partial charge in [-0.05, 0) is 61.9 Å². The second-order valence-electron chi connectivity index (χ2n) is 9.72. The third-order valence-corrected chi connectivity index (χ3v) is 5.74. The van der Waals surface area contributed by atoms with Crippen LogP contribution in [0.3, 0.4) is 0 Å². The second-order valence-corrected chi connectivity index (χ2v) is 9.72. The third-order valence-electron chi connectivity index (χ3n) is 5.74. The van der Waals surface area contributed by atoms with Crippen molar-refractivity contribution in [2.24, 2.45) is 5.41 Å². The van der Waals surface area contributed by atoms with Gasteiger partial charge in [-0.15, -0.1) is 0 Å². The summed E-state index contributed by atoms with van der Waals surface area (Å²) in [4.78, 5) is 12.7. The Bertz CT molecular complexity index is 1310. The van der Waals surface area contributed by atoms with Gasteiger partial charge in [0.1, 0.15) is 17.7 Å². The number of amides is 1. The highest BCUT2D eigenvalue weighted by molar-refractivity contribution is 5.82. The maximum Gasteiger partial charge on any atom is 0.225 e. The highest BCUT2D eigenvalue weighted by Crippen LogP contribution is 2.30. The molecule has 4 aromatic rings. The van der Waals surface area contributed by atoms with Crippen molar-refractivity contribution in [3.63, 3.8) is 0 Å². The van der Waals surface area contributed by atoms with Gasteiger partial charge in [-0.1, -0.05) is 58.0 Å². The van der Waals surface area contributed by atoms with E-state index in [9.17, 15) is 9.18 Å². The van der Waals surface area contributed by atoms with Crippen LogP contribution in [0.15, 0.2) is 72.9 Å². The van der Waals surface area contributed by atoms with Crippen LogP contribution in [0.4, 0.5) is 4.39 Å². The number of benzene rings is 3. The summed E-state index contributed by atoms with van der Waals surface area (Å²) in [5.41, 5.74) is 3.28. The highest BCUT2D eigenvalue weighted by atomic mass is 19.1. The van der Waals surface area contributed by atoms with E-state index < -0.39 is 5.41 Å². The van der Waals surface area contributed by atoms with Crippen molar-refractivity contribution < 1.29 is 13.9 Å². The minimum Gasteiger partial charge on any atom is -0.484 e. The molecule has 0 fully saturated rings. The summed E-state index contributed by atoms with van der Waals surface area (Å²) in [6.45, 7) is 9.68. The van der Waals surface area contributed by atoms with E-state index in [1.807, 2.05) is 71.0 Å². The first-order valence-corrected chi connectivity index (χ1v) is 11.4. The molecule has 0 aliphatic heterocycles. The molecule has 0 saturated heterocycles. The molecule has 0 bridgehead atoms. The van der Waals surface area contributed by atoms with E-state index in [1.54, 1.807) is 23.0 Å². The lowest BCUT2D eigenvalue weighted by Gasteiger charge is -2.29. The van der Waals surface area contributed by atoms with Crippen molar-refractivity contribution in [2.45, 2.75) is 54.2 Å². The van der Waals surface area contributed by atoms with Crippen molar-refractivity contribution >= 4 is 16.8 Å². The van der Waals surface area contributed by atoms with Crippen molar-refractivity contribution in [1.29, 1.82) is 0 Å². The molecule has 1 N–H and O–H groups in total. The van der Waals surface area contributed by atoms with E-state index in [0.29, 0.717) is 5.75 Å². The Balaban J connectivity index is 0.00000342. The lowest BCUT2D eigenvalue weighted by molar-refractivity contribution is -0.129. The number of ether oxygens (including phenoxy) is 1. The van der Waals surface area contributed by atoms with E-state index in [2.05, 4.69) is 16.5 Å². The molecule has 0 aliphatic rings. The molecule has 0 saturated carbocycles. The van der Waals surface area contributed by atoms with Gasteiger partial charge in [0.25, 0.3) is 0 Å². The maximum absolute atomic E-state index is 13.3. The van der Waals surface area contributed by atoms with Crippen LogP contribution in [0.5, 0.6) is 5.75 Å². The fraction of sp³-hybridized carbons (Fsp3) is 0.310. The van der Waals surface area contributed by atoms with Crippen LogP contribution in [0.1, 0.15) is 52.4 Å². The zero-order valence-electron chi connectivity index (χ0n) is 20.2. The first kappa shape index (κ1) is 25.9. The summed E-state index contributed by atoms with van der Waals surface area (Å²) < 4.78 is 21.6. The van der Waals surface area contributed by atoms with Crippen molar-refractivity contribution in [3.05, 3.63) is 89.9 Å². The average molecular weight is 476 g/mol. The zero-order valence-corrected chi connectivity index (χ0v) is 20.2. The number of aromatic nitrogens is 2. The fourth-order valence-electron chi connectivity index (χ4n) is 3.82. The molecular formula is C29H34FN3O2. The zero-order chi connectivity index (χ0) is 24.5. The number of carbonyl (C=O) groups excluding carboxylic acids is 1. The molecule has 0 aliphatic carbocycles. The van der Waals surface area contributed by atoms with Crippen molar-refractivity contribution in [2.75, 3.05) is 0 Å². The Morgan fingerprint density at radius 2 is 1.77 bits per heavy atom. The molecule has 0 spiro atoms. The summed E-state index contributed by atoms with van der Waals surface area (Å²) in [5, 5.41) is 8.48. The molecule has 0 unspecified atom stereocenters. The number of halogens is 1. The number of carbonyl (C=O) groups is 1. The van der Waals surface area contributed by atoms with Gasteiger partial charge in [0.2, 0.25) is 5.91 Å². The number of nitrogens with one attached hydrogen (secondary N) is 1. The Kier molecular flexibility index (Phi) is 7.64. The third kappa shape index (κ3) is 5.88. The molecule has 1 heterocycles. The summed E-state index contributed by atoms with van der Waals surface area (Å²) in [6.07, 6.45) is 1.38. The number of nitrogens with zero attached hydrogens (tertiary/aromatic N) is 2. The topological polar surface area (TPSA) is 56.1 Å². The van der Waals surface area contributed by atoms with Crippen LogP contribution in [-0.2, 0) is 4.79 Å². The molecule has 3 aromatic carbocycles. The molecular weight excluding hydrogens is 441 g/mol. The Labute approximate surface area is 206 Å². The predicted octanol–water partition coefficient (Wildman–Crippen LogP) is 6.78. The highest BCUT2D eigenvalue weighted by Gasteiger charge is 2.28. The van der Waals surface area contributed by atoms with Gasteiger partial charge in [-0.3, -0.25) is 4.79 Å². The lowest BCUT2D eigenvalue weighted by Crippen LogP contribution is -2.44. The van der Waals surface area contributed by atoms with Crippen LogP contribution in [0.2, 0.25) is 0 Å². The Hall–Kier alpha value is -3.67. The van der Waals surface area contributed by atoms with Crippen molar-refractivity contribution in [3.8, 4) is 11.4 Å². The first-order chi connectivity index (χ1) is 16.1. The summed E-state index contributed by atoms with van der Waals surface area (Å²) in [6, 6.07) is 19.9. The summed E-state index contributed by atoms with van der Waals surface area (Å²) in [5.74, 6) is 0.359. The van der Waals surface area contributed by atoms with Crippen LogP contribution < -0.4 is 10.1 Å².